The van der Waals surface area contributed by atoms with Crippen molar-refractivity contribution >= 4 is 21.7 Å². The maximum absolute atomic E-state index is 11.3. The van der Waals surface area contributed by atoms with Crippen molar-refractivity contribution in [2.24, 2.45) is 5.14 Å². The first-order valence-corrected chi connectivity index (χ1v) is 6.59. The first-order chi connectivity index (χ1) is 7.88. The Balaban J connectivity index is 2.47. The maximum atomic E-state index is 11.3. The lowest BCUT2D eigenvalue weighted by Gasteiger charge is -2.10. The van der Waals surface area contributed by atoms with Gasteiger partial charge in [0, 0.05) is 6.04 Å². The normalized spacial score (nSPS) is 15.6. The molecular formula is C10H12N2O4S. The predicted octanol–water partition coefficient (Wildman–Crippen LogP) is 0.607. The van der Waals surface area contributed by atoms with E-state index in [-0.39, 0.29) is 22.2 Å². The fourth-order valence-electron chi connectivity index (χ4n) is 1.47. The summed E-state index contributed by atoms with van der Waals surface area (Å²) < 4.78 is 22.7. The van der Waals surface area contributed by atoms with Crippen LogP contribution in [0.1, 0.15) is 23.2 Å². The number of benzene rings is 1. The molecule has 4 N–H and O–H groups in total. The number of aromatic carboxylic acids is 1. The minimum atomic E-state index is -3.85. The Morgan fingerprint density at radius 2 is 2.06 bits per heavy atom. The van der Waals surface area contributed by atoms with Crippen LogP contribution in [-0.4, -0.2) is 25.5 Å². The van der Waals surface area contributed by atoms with Gasteiger partial charge in [0.2, 0.25) is 10.0 Å². The van der Waals surface area contributed by atoms with E-state index in [4.69, 9.17) is 10.2 Å². The third-order valence-corrected chi connectivity index (χ3v) is 3.44. The number of nitrogens with two attached hydrogens (primary N) is 1. The van der Waals surface area contributed by atoms with Gasteiger partial charge >= 0.3 is 5.97 Å². The van der Waals surface area contributed by atoms with E-state index in [1.807, 2.05) is 0 Å². The lowest BCUT2D eigenvalue weighted by Crippen LogP contribution is -2.16. The Kier molecular flexibility index (Phi) is 2.80. The molecule has 1 aliphatic carbocycles. The summed E-state index contributed by atoms with van der Waals surface area (Å²) in [6.07, 6.45) is 1.89. The van der Waals surface area contributed by atoms with E-state index in [0.29, 0.717) is 0 Å². The van der Waals surface area contributed by atoms with Gasteiger partial charge in [-0.2, -0.15) is 0 Å². The molecule has 92 valence electrons. The molecule has 7 heteroatoms. The second kappa shape index (κ2) is 4.01. The second-order valence-corrected chi connectivity index (χ2v) is 5.51. The van der Waals surface area contributed by atoms with Gasteiger partial charge < -0.3 is 10.4 Å². The molecule has 2 rings (SSSR count). The summed E-state index contributed by atoms with van der Waals surface area (Å²) in [5.74, 6) is -1.11. The molecule has 1 aromatic carbocycles. The number of hydrogen-bond acceptors (Lipinski definition) is 4. The summed E-state index contributed by atoms with van der Waals surface area (Å²) in [5.41, 5.74) is 0.287. The zero-order valence-electron chi connectivity index (χ0n) is 8.88. The fourth-order valence-corrected chi connectivity index (χ4v) is 2.15. The van der Waals surface area contributed by atoms with E-state index in [2.05, 4.69) is 5.32 Å². The summed E-state index contributed by atoms with van der Waals surface area (Å²) in [7, 11) is -3.85. The zero-order valence-corrected chi connectivity index (χ0v) is 9.70. The number of hydrogen-bond donors (Lipinski definition) is 3. The quantitative estimate of drug-likeness (QED) is 0.731. The molecule has 0 aromatic heterocycles. The van der Waals surface area contributed by atoms with Gasteiger partial charge in [-0.15, -0.1) is 0 Å². The van der Waals surface area contributed by atoms with Crippen LogP contribution < -0.4 is 10.5 Å². The molecule has 0 aliphatic heterocycles. The van der Waals surface area contributed by atoms with E-state index in [1.54, 1.807) is 0 Å². The highest BCUT2D eigenvalue weighted by Crippen LogP contribution is 2.29. The van der Waals surface area contributed by atoms with Crippen molar-refractivity contribution in [2.75, 3.05) is 5.32 Å². The SMILES string of the molecule is NS(=O)(=O)c1ccc(C(=O)O)cc1NC1CC1. The molecule has 0 radical (unpaired) electrons. The Hall–Kier alpha value is -1.60. The molecule has 1 fully saturated rings. The van der Waals surface area contributed by atoms with Crippen LogP contribution in [0.15, 0.2) is 23.1 Å². The summed E-state index contributed by atoms with van der Waals surface area (Å²) in [6, 6.07) is 3.93. The average molecular weight is 256 g/mol. The summed E-state index contributed by atoms with van der Waals surface area (Å²) in [5, 5.41) is 16.9. The number of carbonyl (C=O) groups is 1. The van der Waals surface area contributed by atoms with Crippen molar-refractivity contribution in [1.29, 1.82) is 0 Å². The maximum Gasteiger partial charge on any atom is 0.335 e. The highest BCUT2D eigenvalue weighted by atomic mass is 32.2. The number of rotatable bonds is 4. The van der Waals surface area contributed by atoms with Gasteiger partial charge in [-0.05, 0) is 31.0 Å². The number of sulfonamides is 1. The van der Waals surface area contributed by atoms with Crippen molar-refractivity contribution in [1.82, 2.24) is 0 Å². The van der Waals surface area contributed by atoms with Crippen LogP contribution in [0.25, 0.3) is 0 Å². The molecule has 0 spiro atoms. The Bertz CT molecular complexity index is 564. The van der Waals surface area contributed by atoms with Crippen molar-refractivity contribution in [3.8, 4) is 0 Å². The highest BCUT2D eigenvalue weighted by Gasteiger charge is 2.24. The molecule has 0 bridgehead atoms. The number of anilines is 1. The molecule has 0 atom stereocenters. The van der Waals surface area contributed by atoms with Crippen molar-refractivity contribution in [3.63, 3.8) is 0 Å². The van der Waals surface area contributed by atoms with E-state index in [1.165, 1.54) is 18.2 Å². The molecule has 6 nitrogen and oxygen atoms in total. The van der Waals surface area contributed by atoms with E-state index < -0.39 is 16.0 Å². The monoisotopic (exact) mass is 256 g/mol. The predicted molar refractivity (Wildman–Crippen MR) is 61.4 cm³/mol. The number of primary sulfonamides is 1. The van der Waals surface area contributed by atoms with Crippen LogP contribution >= 0.6 is 0 Å². The smallest absolute Gasteiger partial charge is 0.335 e. The largest absolute Gasteiger partial charge is 0.478 e. The van der Waals surface area contributed by atoms with E-state index in [0.717, 1.165) is 12.8 Å². The Morgan fingerprint density at radius 1 is 1.41 bits per heavy atom. The van der Waals surface area contributed by atoms with Gasteiger partial charge in [0.15, 0.2) is 0 Å². The van der Waals surface area contributed by atoms with Gasteiger partial charge in [0.1, 0.15) is 4.90 Å². The number of nitrogens with one attached hydrogen (secondary N) is 1. The molecule has 1 aromatic rings. The third-order valence-electron chi connectivity index (χ3n) is 2.47. The van der Waals surface area contributed by atoms with Crippen LogP contribution in [0.2, 0.25) is 0 Å². The first kappa shape index (κ1) is 11.9. The summed E-state index contributed by atoms with van der Waals surface area (Å²) in [4.78, 5) is 10.7. The fraction of sp³-hybridized carbons (Fsp3) is 0.300. The van der Waals surface area contributed by atoms with Crippen LogP contribution in [-0.2, 0) is 10.0 Å². The molecule has 1 saturated carbocycles. The van der Waals surface area contributed by atoms with Gasteiger partial charge in [-0.25, -0.2) is 18.4 Å². The number of carboxylic acid groups (broad SMARTS) is 1. The molecule has 0 saturated heterocycles. The van der Waals surface area contributed by atoms with Crippen LogP contribution in [0.3, 0.4) is 0 Å². The topological polar surface area (TPSA) is 109 Å². The van der Waals surface area contributed by atoms with Crippen molar-refractivity contribution in [3.05, 3.63) is 23.8 Å². The van der Waals surface area contributed by atoms with E-state index in [9.17, 15) is 13.2 Å². The average Bonchev–Trinajstić information content (AvgIpc) is 2.99. The Labute approximate surface area is 98.5 Å². The zero-order chi connectivity index (χ0) is 12.6. The molecule has 17 heavy (non-hydrogen) atoms. The van der Waals surface area contributed by atoms with Gasteiger partial charge in [0.05, 0.1) is 11.3 Å². The van der Waals surface area contributed by atoms with Crippen LogP contribution in [0, 0.1) is 0 Å². The van der Waals surface area contributed by atoms with E-state index >= 15 is 0 Å². The van der Waals surface area contributed by atoms with Crippen molar-refractivity contribution < 1.29 is 18.3 Å². The minimum Gasteiger partial charge on any atom is -0.478 e. The van der Waals surface area contributed by atoms with Crippen LogP contribution in [0.4, 0.5) is 5.69 Å². The lowest BCUT2D eigenvalue weighted by molar-refractivity contribution is 0.0697. The van der Waals surface area contributed by atoms with Crippen molar-refractivity contribution in [2.45, 2.75) is 23.8 Å². The Morgan fingerprint density at radius 3 is 2.53 bits per heavy atom. The lowest BCUT2D eigenvalue weighted by atomic mass is 10.2. The van der Waals surface area contributed by atoms with Gasteiger partial charge in [-0.1, -0.05) is 0 Å². The summed E-state index contributed by atoms with van der Waals surface area (Å²) in [6.45, 7) is 0. The first-order valence-electron chi connectivity index (χ1n) is 5.04. The van der Waals surface area contributed by atoms with Crippen LogP contribution in [0.5, 0.6) is 0 Å². The third kappa shape index (κ3) is 2.75. The molecular weight excluding hydrogens is 244 g/mol. The minimum absolute atomic E-state index is 0.0283. The van der Waals surface area contributed by atoms with Gasteiger partial charge in [-0.3, -0.25) is 0 Å². The summed E-state index contributed by atoms with van der Waals surface area (Å²) >= 11 is 0. The second-order valence-electron chi connectivity index (χ2n) is 3.98. The standard InChI is InChI=1S/C10H12N2O4S/c11-17(15,16)9-4-1-6(10(13)14)5-8(9)12-7-2-3-7/h1,4-5,7,12H,2-3H2,(H,13,14)(H2,11,15,16). The number of carboxylic acids is 1. The molecule has 0 amide bonds. The van der Waals surface area contributed by atoms with Gasteiger partial charge in [0.25, 0.3) is 0 Å². The molecule has 0 heterocycles. The molecule has 0 unspecified atom stereocenters. The highest BCUT2D eigenvalue weighted by molar-refractivity contribution is 7.89. The molecule has 1 aliphatic rings.